The van der Waals surface area contributed by atoms with Crippen LogP contribution >= 0.6 is 0 Å². The molecule has 2 N–H and O–H groups in total. The van der Waals surface area contributed by atoms with E-state index in [0.717, 1.165) is 12.8 Å². The Bertz CT molecular complexity index is 221. The number of hydrogen-bond donors (Lipinski definition) is 1. The van der Waals surface area contributed by atoms with Crippen LogP contribution in [0.15, 0.2) is 4.52 Å². The number of nitrogens with two attached hydrogens (primary N) is 1. The molecule has 1 aromatic rings. The lowest BCUT2D eigenvalue weighted by atomic mass is 10.2. The summed E-state index contributed by atoms with van der Waals surface area (Å²) in [7, 11) is 0. The van der Waals surface area contributed by atoms with Crippen LogP contribution in [-0.4, -0.2) is 10.1 Å². The van der Waals surface area contributed by atoms with Gasteiger partial charge in [0.25, 0.3) is 0 Å². The van der Waals surface area contributed by atoms with E-state index < -0.39 is 0 Å². The van der Waals surface area contributed by atoms with Crippen molar-refractivity contribution in [2.45, 2.75) is 32.7 Å². The molecule has 0 aromatic carbocycles. The van der Waals surface area contributed by atoms with Crippen molar-refractivity contribution in [3.05, 3.63) is 11.7 Å². The Balaban J connectivity index is 2.60. The molecule has 62 valence electrons. The van der Waals surface area contributed by atoms with Crippen LogP contribution in [-0.2, 0) is 0 Å². The van der Waals surface area contributed by atoms with Crippen molar-refractivity contribution in [2.75, 3.05) is 0 Å². The first-order valence-corrected chi connectivity index (χ1v) is 3.79. The fourth-order valence-corrected chi connectivity index (χ4v) is 0.906. The largest absolute Gasteiger partial charge is 0.340 e. The summed E-state index contributed by atoms with van der Waals surface area (Å²) in [6.07, 6.45) is 1.94. The van der Waals surface area contributed by atoms with Crippen LogP contribution in [0.1, 0.15) is 37.5 Å². The predicted molar refractivity (Wildman–Crippen MR) is 40.9 cm³/mol. The molecule has 4 nitrogen and oxygen atoms in total. The second-order valence-corrected chi connectivity index (χ2v) is 2.57. The topological polar surface area (TPSA) is 64.9 Å². The molecular weight excluding hydrogens is 142 g/mol. The highest BCUT2D eigenvalue weighted by atomic mass is 16.5. The minimum atomic E-state index is -0.0718. The van der Waals surface area contributed by atoms with Crippen LogP contribution in [0.3, 0.4) is 0 Å². The standard InChI is InChI=1S/C7H13N3O/c1-3-4-6(8)7-9-5(2)11-10-7/h6H,3-4,8H2,1-2H3/t6-/m0/s1. The maximum absolute atomic E-state index is 5.73. The Morgan fingerprint density at radius 3 is 2.82 bits per heavy atom. The number of nitrogens with zero attached hydrogens (tertiary/aromatic N) is 2. The third kappa shape index (κ3) is 2.01. The van der Waals surface area contributed by atoms with Gasteiger partial charge < -0.3 is 10.3 Å². The van der Waals surface area contributed by atoms with E-state index >= 15 is 0 Å². The van der Waals surface area contributed by atoms with Gasteiger partial charge in [0.15, 0.2) is 5.82 Å². The number of rotatable bonds is 3. The number of hydrogen-bond acceptors (Lipinski definition) is 4. The Labute approximate surface area is 65.8 Å². The maximum Gasteiger partial charge on any atom is 0.223 e. The van der Waals surface area contributed by atoms with Gasteiger partial charge in [-0.2, -0.15) is 4.98 Å². The van der Waals surface area contributed by atoms with Crippen molar-refractivity contribution in [1.29, 1.82) is 0 Å². The van der Waals surface area contributed by atoms with E-state index in [1.807, 2.05) is 0 Å². The van der Waals surface area contributed by atoms with Gasteiger partial charge in [0, 0.05) is 6.92 Å². The average Bonchev–Trinajstić information content (AvgIpc) is 2.36. The van der Waals surface area contributed by atoms with Gasteiger partial charge in [0.1, 0.15) is 0 Å². The molecule has 1 rings (SSSR count). The minimum absolute atomic E-state index is 0.0718. The summed E-state index contributed by atoms with van der Waals surface area (Å²) >= 11 is 0. The zero-order chi connectivity index (χ0) is 8.27. The summed E-state index contributed by atoms with van der Waals surface area (Å²) in [5, 5.41) is 3.72. The summed E-state index contributed by atoms with van der Waals surface area (Å²) in [6.45, 7) is 3.84. The summed E-state index contributed by atoms with van der Waals surface area (Å²) < 4.78 is 4.79. The van der Waals surface area contributed by atoms with E-state index in [1.165, 1.54) is 0 Å². The lowest BCUT2D eigenvalue weighted by molar-refractivity contribution is 0.381. The second-order valence-electron chi connectivity index (χ2n) is 2.57. The third-order valence-corrected chi connectivity index (χ3v) is 1.47. The molecule has 0 saturated carbocycles. The van der Waals surface area contributed by atoms with Gasteiger partial charge in [-0.3, -0.25) is 0 Å². The summed E-state index contributed by atoms with van der Waals surface area (Å²) in [5.41, 5.74) is 5.73. The Hall–Kier alpha value is -0.900. The summed E-state index contributed by atoms with van der Waals surface area (Å²) in [6, 6.07) is -0.0718. The molecule has 1 heterocycles. The maximum atomic E-state index is 5.73. The number of aromatic nitrogens is 2. The molecule has 1 aromatic heterocycles. The van der Waals surface area contributed by atoms with Crippen molar-refractivity contribution in [2.24, 2.45) is 5.73 Å². The van der Waals surface area contributed by atoms with Crippen LogP contribution in [0.5, 0.6) is 0 Å². The molecule has 0 unspecified atom stereocenters. The molecule has 0 aliphatic rings. The smallest absolute Gasteiger partial charge is 0.223 e. The molecule has 0 amide bonds. The summed E-state index contributed by atoms with van der Waals surface area (Å²) in [5.74, 6) is 1.19. The van der Waals surface area contributed by atoms with Gasteiger partial charge in [0.2, 0.25) is 5.89 Å². The van der Waals surface area contributed by atoms with Crippen LogP contribution < -0.4 is 5.73 Å². The first-order valence-electron chi connectivity index (χ1n) is 3.79. The molecule has 0 saturated heterocycles. The lowest BCUT2D eigenvalue weighted by Crippen LogP contribution is -2.11. The monoisotopic (exact) mass is 155 g/mol. The molecule has 0 radical (unpaired) electrons. The summed E-state index contributed by atoms with van der Waals surface area (Å²) in [4.78, 5) is 4.03. The third-order valence-electron chi connectivity index (χ3n) is 1.47. The first-order chi connectivity index (χ1) is 5.24. The van der Waals surface area contributed by atoms with Gasteiger partial charge in [-0.15, -0.1) is 0 Å². The Kier molecular flexibility index (Phi) is 2.59. The normalized spacial score (nSPS) is 13.4. The van der Waals surface area contributed by atoms with Crippen molar-refractivity contribution in [3.8, 4) is 0 Å². The van der Waals surface area contributed by atoms with Crippen molar-refractivity contribution < 1.29 is 4.52 Å². The molecule has 11 heavy (non-hydrogen) atoms. The van der Waals surface area contributed by atoms with E-state index in [4.69, 9.17) is 10.3 Å². The van der Waals surface area contributed by atoms with Gasteiger partial charge in [0.05, 0.1) is 6.04 Å². The van der Waals surface area contributed by atoms with E-state index in [-0.39, 0.29) is 6.04 Å². The van der Waals surface area contributed by atoms with Crippen molar-refractivity contribution in [3.63, 3.8) is 0 Å². The fourth-order valence-electron chi connectivity index (χ4n) is 0.906. The Morgan fingerprint density at radius 1 is 1.64 bits per heavy atom. The zero-order valence-electron chi connectivity index (χ0n) is 6.87. The fraction of sp³-hybridized carbons (Fsp3) is 0.714. The molecular formula is C7H13N3O. The molecule has 0 spiro atoms. The minimum Gasteiger partial charge on any atom is -0.340 e. The highest BCUT2D eigenvalue weighted by Gasteiger charge is 2.10. The average molecular weight is 155 g/mol. The van der Waals surface area contributed by atoms with Crippen LogP contribution in [0.4, 0.5) is 0 Å². The van der Waals surface area contributed by atoms with Gasteiger partial charge >= 0.3 is 0 Å². The predicted octanol–water partition coefficient (Wildman–Crippen LogP) is 1.18. The SMILES string of the molecule is CCC[C@H](N)c1noc(C)n1. The van der Waals surface area contributed by atoms with Crippen LogP contribution in [0.2, 0.25) is 0 Å². The molecule has 0 aliphatic carbocycles. The van der Waals surface area contributed by atoms with Gasteiger partial charge in [-0.05, 0) is 6.42 Å². The molecule has 0 bridgehead atoms. The molecule has 0 fully saturated rings. The first kappa shape index (κ1) is 8.20. The highest BCUT2D eigenvalue weighted by molar-refractivity contribution is 4.90. The van der Waals surface area contributed by atoms with Crippen LogP contribution in [0.25, 0.3) is 0 Å². The molecule has 1 atom stereocenters. The molecule has 4 heteroatoms. The van der Waals surface area contributed by atoms with Gasteiger partial charge in [-0.25, -0.2) is 0 Å². The van der Waals surface area contributed by atoms with E-state index in [0.29, 0.717) is 11.7 Å². The second kappa shape index (κ2) is 3.48. The van der Waals surface area contributed by atoms with E-state index in [2.05, 4.69) is 17.1 Å². The Morgan fingerprint density at radius 2 is 2.36 bits per heavy atom. The lowest BCUT2D eigenvalue weighted by Gasteiger charge is -2.02. The van der Waals surface area contributed by atoms with Gasteiger partial charge in [-0.1, -0.05) is 18.5 Å². The van der Waals surface area contributed by atoms with Crippen molar-refractivity contribution >= 4 is 0 Å². The quantitative estimate of drug-likeness (QED) is 0.711. The zero-order valence-corrected chi connectivity index (χ0v) is 6.87. The highest BCUT2D eigenvalue weighted by Crippen LogP contribution is 2.10. The molecule has 0 aliphatic heterocycles. The van der Waals surface area contributed by atoms with E-state index in [9.17, 15) is 0 Å². The van der Waals surface area contributed by atoms with Crippen molar-refractivity contribution in [1.82, 2.24) is 10.1 Å². The number of aryl methyl sites for hydroxylation is 1. The van der Waals surface area contributed by atoms with Crippen LogP contribution in [0, 0.1) is 6.92 Å². The van der Waals surface area contributed by atoms with E-state index in [1.54, 1.807) is 6.92 Å².